The van der Waals surface area contributed by atoms with Gasteiger partial charge in [0.25, 0.3) is 0 Å². The molecule has 1 aliphatic carbocycles. The fraction of sp³-hybridized carbons (Fsp3) is 0.385. The molecule has 1 saturated carbocycles. The Hall–Kier alpha value is -3.11. The summed E-state index contributed by atoms with van der Waals surface area (Å²) in [6.45, 7) is 4.06. The molecule has 0 saturated heterocycles. The van der Waals surface area contributed by atoms with Gasteiger partial charge in [0.05, 0.1) is 17.4 Å². The number of nitriles is 1. The SMILES string of the molecule is Cc1cncc(C2C=C([C@@]3(C)N=C(N)N(C)C(=O)[C@@H]3c3ccc(C4(C#N)CC4)cc3)SC2)c1. The number of nitrogens with zero attached hydrogens (tertiary/aromatic N) is 4. The summed E-state index contributed by atoms with van der Waals surface area (Å²) in [5, 5.41) is 9.54. The molecule has 2 aromatic rings. The molecule has 1 aromatic carbocycles. The van der Waals surface area contributed by atoms with Crippen LogP contribution in [0.25, 0.3) is 0 Å². The van der Waals surface area contributed by atoms with Crippen LogP contribution in [0.2, 0.25) is 0 Å². The standard InChI is InChI=1S/C26H27N5OS/c1-16-10-18(13-29-12-16)19-11-21(33-14-19)25(2)22(23(32)31(3)24(28)30-25)17-4-6-20(7-5-17)26(15-27)8-9-26/h4-7,10-13,19,22H,8-9,14H2,1-3H3,(H2,28,30)/t19?,22-,25+/m0/s1. The number of likely N-dealkylation sites (N-methyl/N-ethyl adjacent to an activating group) is 1. The molecular weight excluding hydrogens is 430 g/mol. The number of amides is 1. The summed E-state index contributed by atoms with van der Waals surface area (Å²) >= 11 is 1.74. The first-order valence-corrected chi connectivity index (χ1v) is 12.2. The lowest BCUT2D eigenvalue weighted by molar-refractivity contribution is -0.129. The Morgan fingerprint density at radius 1 is 1.21 bits per heavy atom. The predicted molar refractivity (Wildman–Crippen MR) is 131 cm³/mol. The van der Waals surface area contributed by atoms with E-state index < -0.39 is 11.5 Å². The molecule has 0 bridgehead atoms. The van der Waals surface area contributed by atoms with Gasteiger partial charge in [-0.2, -0.15) is 5.26 Å². The molecule has 3 atom stereocenters. The van der Waals surface area contributed by atoms with E-state index in [1.54, 1.807) is 18.8 Å². The van der Waals surface area contributed by atoms with Gasteiger partial charge in [-0.1, -0.05) is 36.4 Å². The number of aryl methyl sites for hydroxylation is 1. The predicted octanol–water partition coefficient (Wildman–Crippen LogP) is 3.99. The fourth-order valence-corrected chi connectivity index (χ4v) is 6.28. The van der Waals surface area contributed by atoms with E-state index in [1.807, 2.05) is 50.5 Å². The van der Waals surface area contributed by atoms with Crippen LogP contribution in [0.5, 0.6) is 0 Å². The highest BCUT2D eigenvalue weighted by Gasteiger charge is 2.50. The highest BCUT2D eigenvalue weighted by Crippen LogP contribution is 2.51. The molecule has 0 radical (unpaired) electrons. The number of guanidine groups is 1. The van der Waals surface area contributed by atoms with Crippen molar-refractivity contribution < 1.29 is 4.79 Å². The zero-order valence-electron chi connectivity index (χ0n) is 19.1. The summed E-state index contributed by atoms with van der Waals surface area (Å²) in [6.07, 6.45) is 7.79. The van der Waals surface area contributed by atoms with Crippen LogP contribution in [-0.2, 0) is 10.2 Å². The van der Waals surface area contributed by atoms with E-state index in [0.717, 1.165) is 40.2 Å². The number of thioether (sulfide) groups is 1. The Morgan fingerprint density at radius 3 is 2.58 bits per heavy atom. The van der Waals surface area contributed by atoms with Crippen molar-refractivity contribution >= 4 is 23.6 Å². The molecular formula is C26H27N5OS. The van der Waals surface area contributed by atoms with E-state index in [9.17, 15) is 10.1 Å². The molecule has 1 aromatic heterocycles. The lowest BCUT2D eigenvalue weighted by atomic mass is 9.77. The summed E-state index contributed by atoms with van der Waals surface area (Å²) in [6, 6.07) is 12.6. The monoisotopic (exact) mass is 457 g/mol. The Balaban J connectivity index is 1.54. The van der Waals surface area contributed by atoms with Crippen LogP contribution in [0.3, 0.4) is 0 Å². The summed E-state index contributed by atoms with van der Waals surface area (Å²) in [7, 11) is 1.67. The van der Waals surface area contributed by atoms with Gasteiger partial charge in [-0.3, -0.25) is 14.7 Å². The van der Waals surface area contributed by atoms with E-state index in [0.29, 0.717) is 0 Å². The summed E-state index contributed by atoms with van der Waals surface area (Å²) in [4.78, 5) is 25.2. The Bertz CT molecular complexity index is 1220. The molecule has 0 spiro atoms. The van der Waals surface area contributed by atoms with E-state index >= 15 is 0 Å². The number of carbonyl (C=O) groups is 1. The number of aromatic nitrogens is 1. The van der Waals surface area contributed by atoms with Crippen LogP contribution in [0.1, 0.15) is 53.9 Å². The van der Waals surface area contributed by atoms with E-state index in [2.05, 4.69) is 23.2 Å². The van der Waals surface area contributed by atoms with Gasteiger partial charge in [0.1, 0.15) is 5.54 Å². The van der Waals surface area contributed by atoms with Gasteiger partial charge in [0.15, 0.2) is 5.96 Å². The first kappa shape index (κ1) is 21.7. The van der Waals surface area contributed by atoms with Gasteiger partial charge in [-0.25, -0.2) is 4.99 Å². The molecule has 2 N–H and O–H groups in total. The van der Waals surface area contributed by atoms with Crippen LogP contribution >= 0.6 is 11.8 Å². The van der Waals surface area contributed by atoms with Crippen LogP contribution < -0.4 is 5.73 Å². The first-order valence-electron chi connectivity index (χ1n) is 11.2. The summed E-state index contributed by atoms with van der Waals surface area (Å²) in [5.41, 5.74) is 9.27. The lowest BCUT2D eigenvalue weighted by Crippen LogP contribution is -2.54. The number of allylic oxidation sites excluding steroid dienone is 1. The van der Waals surface area contributed by atoms with E-state index in [1.165, 1.54) is 10.5 Å². The first-order chi connectivity index (χ1) is 15.8. The van der Waals surface area contributed by atoms with Crippen molar-refractivity contribution in [3.8, 4) is 6.07 Å². The Morgan fingerprint density at radius 2 is 1.94 bits per heavy atom. The fourth-order valence-electron chi connectivity index (χ4n) is 4.92. The second-order valence-corrected chi connectivity index (χ2v) is 10.6. The third-order valence-corrected chi connectivity index (χ3v) is 8.57. The van der Waals surface area contributed by atoms with Crippen molar-refractivity contribution in [2.75, 3.05) is 12.8 Å². The Kier molecular flexibility index (Phi) is 5.09. The van der Waals surface area contributed by atoms with Gasteiger partial charge in [-0.05, 0) is 48.9 Å². The molecule has 1 unspecified atom stereocenters. The summed E-state index contributed by atoms with van der Waals surface area (Å²) in [5.74, 6) is 0.773. The number of rotatable bonds is 4. The van der Waals surface area contributed by atoms with E-state index in [4.69, 9.17) is 10.7 Å². The molecule has 7 heteroatoms. The quantitative estimate of drug-likeness (QED) is 0.749. The van der Waals surface area contributed by atoms with Crippen molar-refractivity contribution in [3.05, 3.63) is 76.0 Å². The second kappa shape index (κ2) is 7.74. The maximum atomic E-state index is 13.5. The van der Waals surface area contributed by atoms with Crippen molar-refractivity contribution in [2.45, 2.75) is 49.5 Å². The van der Waals surface area contributed by atoms with Crippen molar-refractivity contribution in [1.29, 1.82) is 5.26 Å². The molecule has 168 valence electrons. The number of carbonyl (C=O) groups excluding carboxylic acids is 1. The molecule has 1 amide bonds. The zero-order chi connectivity index (χ0) is 23.4. The number of hydrogen-bond acceptors (Lipinski definition) is 6. The highest BCUT2D eigenvalue weighted by atomic mass is 32.2. The molecule has 1 fully saturated rings. The van der Waals surface area contributed by atoms with Crippen LogP contribution in [-0.4, -0.2) is 40.1 Å². The van der Waals surface area contributed by atoms with Crippen LogP contribution in [0.4, 0.5) is 0 Å². The minimum atomic E-state index is -0.793. The van der Waals surface area contributed by atoms with Gasteiger partial charge < -0.3 is 5.73 Å². The van der Waals surface area contributed by atoms with Gasteiger partial charge in [0, 0.05) is 36.0 Å². The van der Waals surface area contributed by atoms with Gasteiger partial charge >= 0.3 is 0 Å². The van der Waals surface area contributed by atoms with Crippen molar-refractivity contribution in [3.63, 3.8) is 0 Å². The topological polar surface area (TPSA) is 95.4 Å². The zero-order valence-corrected chi connectivity index (χ0v) is 19.9. The maximum Gasteiger partial charge on any atom is 0.239 e. The van der Waals surface area contributed by atoms with Crippen LogP contribution in [0, 0.1) is 18.3 Å². The van der Waals surface area contributed by atoms with Crippen molar-refractivity contribution in [2.24, 2.45) is 10.7 Å². The number of hydrogen-bond donors (Lipinski definition) is 1. The summed E-state index contributed by atoms with van der Waals surface area (Å²) < 4.78 is 0. The molecule has 33 heavy (non-hydrogen) atoms. The number of pyridine rings is 1. The van der Waals surface area contributed by atoms with Gasteiger partial charge in [-0.15, -0.1) is 11.8 Å². The number of benzene rings is 1. The molecule has 3 aliphatic rings. The third-order valence-electron chi connectivity index (χ3n) is 7.18. The largest absolute Gasteiger partial charge is 0.369 e. The molecule has 3 heterocycles. The molecule has 2 aliphatic heterocycles. The van der Waals surface area contributed by atoms with Crippen LogP contribution in [0.15, 0.2) is 58.7 Å². The number of nitrogens with two attached hydrogens (primary N) is 1. The highest BCUT2D eigenvalue weighted by molar-refractivity contribution is 8.03. The minimum absolute atomic E-state index is 0.0682. The maximum absolute atomic E-state index is 13.5. The normalized spacial score (nSPS) is 28.2. The van der Waals surface area contributed by atoms with Gasteiger partial charge in [0.2, 0.25) is 5.91 Å². The van der Waals surface area contributed by atoms with E-state index in [-0.39, 0.29) is 23.2 Å². The second-order valence-electron chi connectivity index (χ2n) is 9.51. The minimum Gasteiger partial charge on any atom is -0.369 e. The average molecular weight is 458 g/mol. The average Bonchev–Trinajstić information content (AvgIpc) is 3.44. The lowest BCUT2D eigenvalue weighted by Gasteiger charge is -2.41. The molecule has 5 rings (SSSR count). The third kappa shape index (κ3) is 3.53. The van der Waals surface area contributed by atoms with Crippen molar-refractivity contribution in [1.82, 2.24) is 9.88 Å². The Labute approximate surface area is 198 Å². The smallest absolute Gasteiger partial charge is 0.239 e. The molecule has 6 nitrogen and oxygen atoms in total. The number of aliphatic imine (C=N–C) groups is 1.